The molecular weight excluding hydrogens is 364 g/mol. The van der Waals surface area contributed by atoms with E-state index in [4.69, 9.17) is 4.74 Å². The first-order valence-corrected chi connectivity index (χ1v) is 9.35. The van der Waals surface area contributed by atoms with Crippen molar-refractivity contribution in [3.63, 3.8) is 0 Å². The van der Waals surface area contributed by atoms with Crippen LogP contribution in [0.1, 0.15) is 17.8 Å². The number of rotatable bonds is 6. The molecule has 0 radical (unpaired) electrons. The molecule has 0 N–H and O–H groups in total. The number of aryl methyl sites for hydroxylation is 1. The van der Waals surface area contributed by atoms with Gasteiger partial charge in [0.05, 0.1) is 20.6 Å². The molecule has 0 aliphatic heterocycles. The third-order valence-electron chi connectivity index (χ3n) is 4.09. The number of para-hydroxylation sites is 1. The third kappa shape index (κ3) is 3.85. The minimum atomic E-state index is -0.377. The average molecular weight is 380 g/mol. The summed E-state index contributed by atoms with van der Waals surface area (Å²) in [6.45, 7) is -0.239. The van der Waals surface area contributed by atoms with Gasteiger partial charge in [-0.25, -0.2) is 4.98 Å². The largest absolute Gasteiger partial charge is 0.442 e. The molecule has 0 atom stereocenters. The van der Waals surface area contributed by atoms with Gasteiger partial charge in [0.2, 0.25) is 0 Å². The lowest BCUT2D eigenvalue weighted by Gasteiger charge is -2.06. The Balaban J connectivity index is 1.31. The molecule has 0 amide bonds. The van der Waals surface area contributed by atoms with Gasteiger partial charge in [-0.3, -0.25) is 9.59 Å². The number of esters is 1. The molecule has 0 saturated carbocycles. The predicted octanol–water partition coefficient (Wildman–Crippen LogP) is 2.92. The fourth-order valence-electron chi connectivity index (χ4n) is 2.72. The molecular formula is C19H16N4O3S. The van der Waals surface area contributed by atoms with Crippen LogP contribution in [-0.4, -0.2) is 25.9 Å². The van der Waals surface area contributed by atoms with Crippen LogP contribution in [0.4, 0.5) is 0 Å². The maximum Gasteiger partial charge on any atom is 0.307 e. The molecule has 0 unspecified atom stereocenters. The second-order valence-electron chi connectivity index (χ2n) is 5.99. The van der Waals surface area contributed by atoms with Gasteiger partial charge < -0.3 is 4.74 Å². The quantitative estimate of drug-likeness (QED) is 0.478. The van der Waals surface area contributed by atoms with Crippen LogP contribution in [0.15, 0.2) is 53.3 Å². The number of ether oxygens (including phenoxy) is 1. The smallest absolute Gasteiger partial charge is 0.307 e. The molecule has 2 aromatic carbocycles. The zero-order valence-electron chi connectivity index (χ0n) is 14.4. The normalized spacial score (nSPS) is 11.1. The van der Waals surface area contributed by atoms with Gasteiger partial charge in [0.15, 0.2) is 6.73 Å². The Hall–Kier alpha value is -3.13. The van der Waals surface area contributed by atoms with E-state index < -0.39 is 0 Å². The van der Waals surface area contributed by atoms with E-state index in [9.17, 15) is 9.59 Å². The first kappa shape index (κ1) is 17.3. The number of carbonyl (C=O) groups is 1. The minimum absolute atomic E-state index is 0.239. The number of hydrogen-bond donors (Lipinski definition) is 0. The summed E-state index contributed by atoms with van der Waals surface area (Å²) in [5.41, 5.74) is 1.16. The van der Waals surface area contributed by atoms with Crippen molar-refractivity contribution in [3.05, 3.63) is 63.9 Å². The summed E-state index contributed by atoms with van der Waals surface area (Å²) in [5.74, 6) is -0.377. The first-order valence-electron chi connectivity index (χ1n) is 8.53. The van der Waals surface area contributed by atoms with E-state index in [0.29, 0.717) is 23.7 Å². The predicted molar refractivity (Wildman–Crippen MR) is 102 cm³/mol. The fraction of sp³-hybridized carbons (Fsp3) is 0.211. The van der Waals surface area contributed by atoms with Gasteiger partial charge in [-0.2, -0.15) is 4.68 Å². The summed E-state index contributed by atoms with van der Waals surface area (Å²) in [7, 11) is 0. The van der Waals surface area contributed by atoms with Crippen LogP contribution >= 0.6 is 11.3 Å². The maximum absolute atomic E-state index is 12.3. The number of aromatic nitrogens is 4. The Kier molecular flexibility index (Phi) is 4.88. The monoisotopic (exact) mass is 380 g/mol. The summed E-state index contributed by atoms with van der Waals surface area (Å²) in [4.78, 5) is 28.8. The topological polar surface area (TPSA) is 87.0 Å². The van der Waals surface area contributed by atoms with E-state index in [-0.39, 0.29) is 24.7 Å². The molecule has 0 aliphatic carbocycles. The number of nitrogens with zero attached hydrogens (tertiary/aromatic N) is 4. The fourth-order valence-corrected chi connectivity index (χ4v) is 3.73. The number of thiazole rings is 1. The number of hydrogen-bond acceptors (Lipinski definition) is 7. The van der Waals surface area contributed by atoms with Crippen LogP contribution < -0.4 is 5.56 Å². The summed E-state index contributed by atoms with van der Waals surface area (Å²) in [5, 5.41) is 9.20. The van der Waals surface area contributed by atoms with Crippen LogP contribution in [0.25, 0.3) is 21.1 Å². The molecule has 27 heavy (non-hydrogen) atoms. The van der Waals surface area contributed by atoms with Crippen LogP contribution in [0.5, 0.6) is 0 Å². The molecule has 0 bridgehead atoms. The maximum atomic E-state index is 12.3. The second-order valence-corrected chi connectivity index (χ2v) is 7.10. The zero-order valence-corrected chi connectivity index (χ0v) is 15.2. The summed E-state index contributed by atoms with van der Waals surface area (Å²) in [6.07, 6.45) is 1.60. The van der Waals surface area contributed by atoms with Gasteiger partial charge in [-0.15, -0.1) is 16.4 Å². The van der Waals surface area contributed by atoms with Crippen molar-refractivity contribution < 1.29 is 9.53 Å². The molecule has 0 spiro atoms. The Bertz CT molecular complexity index is 1140. The Labute approximate surface area is 158 Å². The molecule has 2 heterocycles. The lowest BCUT2D eigenvalue weighted by atomic mass is 10.2. The highest BCUT2D eigenvalue weighted by Gasteiger charge is 2.09. The molecule has 136 valence electrons. The first-order chi connectivity index (χ1) is 13.2. The van der Waals surface area contributed by atoms with Crippen molar-refractivity contribution in [2.75, 3.05) is 0 Å². The van der Waals surface area contributed by atoms with E-state index >= 15 is 0 Å². The standard InChI is InChI=1S/C19H16N4O3S/c24-18(11-5-10-17-20-15-8-3-4-9-16(15)27-17)26-12-23-19(25)13-6-1-2-7-14(13)21-22-23/h1-4,6-9H,5,10-12H2. The van der Waals surface area contributed by atoms with Gasteiger partial charge in [-0.05, 0) is 37.1 Å². The summed E-state index contributed by atoms with van der Waals surface area (Å²) < 4.78 is 7.35. The average Bonchev–Trinajstić information content (AvgIpc) is 3.10. The highest BCUT2D eigenvalue weighted by atomic mass is 32.1. The molecule has 4 aromatic rings. The molecule has 0 aliphatic rings. The van der Waals surface area contributed by atoms with Gasteiger partial charge in [0, 0.05) is 6.42 Å². The molecule has 0 fully saturated rings. The highest BCUT2D eigenvalue weighted by Crippen LogP contribution is 2.22. The minimum Gasteiger partial charge on any atom is -0.442 e. The number of carbonyl (C=O) groups excluding carboxylic acids is 1. The van der Waals surface area contributed by atoms with Gasteiger partial charge in [-0.1, -0.05) is 29.5 Å². The Morgan fingerprint density at radius 2 is 1.85 bits per heavy atom. The van der Waals surface area contributed by atoms with E-state index in [1.807, 2.05) is 24.3 Å². The van der Waals surface area contributed by atoms with Crippen molar-refractivity contribution in [1.82, 2.24) is 20.0 Å². The van der Waals surface area contributed by atoms with E-state index in [2.05, 4.69) is 15.3 Å². The summed E-state index contributed by atoms with van der Waals surface area (Å²) in [6, 6.07) is 14.9. The van der Waals surface area contributed by atoms with E-state index in [0.717, 1.165) is 19.9 Å². The van der Waals surface area contributed by atoms with Gasteiger partial charge >= 0.3 is 5.97 Å². The Morgan fingerprint density at radius 3 is 2.70 bits per heavy atom. The second kappa shape index (κ2) is 7.63. The summed E-state index contributed by atoms with van der Waals surface area (Å²) >= 11 is 1.64. The number of fused-ring (bicyclic) bond motifs is 2. The van der Waals surface area contributed by atoms with Crippen LogP contribution in [0.3, 0.4) is 0 Å². The van der Waals surface area contributed by atoms with Gasteiger partial charge in [0.25, 0.3) is 5.56 Å². The van der Waals surface area contributed by atoms with Crippen LogP contribution in [0.2, 0.25) is 0 Å². The molecule has 4 rings (SSSR count). The SMILES string of the molecule is O=C(CCCc1nc2ccccc2s1)OCn1nnc2ccccc2c1=O. The van der Waals surface area contributed by atoms with Gasteiger partial charge in [0.1, 0.15) is 5.52 Å². The van der Waals surface area contributed by atoms with Crippen molar-refractivity contribution in [1.29, 1.82) is 0 Å². The molecule has 7 nitrogen and oxygen atoms in total. The van der Waals surface area contributed by atoms with Crippen LogP contribution in [-0.2, 0) is 22.7 Å². The number of benzene rings is 2. The molecule has 0 saturated heterocycles. The highest BCUT2D eigenvalue weighted by molar-refractivity contribution is 7.18. The van der Waals surface area contributed by atoms with Crippen molar-refractivity contribution in [2.24, 2.45) is 0 Å². The lowest BCUT2D eigenvalue weighted by Crippen LogP contribution is -2.26. The van der Waals surface area contributed by atoms with Crippen LogP contribution in [0, 0.1) is 0 Å². The molecule has 2 aromatic heterocycles. The van der Waals surface area contributed by atoms with Crippen molar-refractivity contribution in [2.45, 2.75) is 26.0 Å². The van der Waals surface area contributed by atoms with E-state index in [1.165, 1.54) is 0 Å². The molecule has 8 heteroatoms. The van der Waals surface area contributed by atoms with Crippen molar-refractivity contribution in [3.8, 4) is 0 Å². The van der Waals surface area contributed by atoms with Crippen molar-refractivity contribution >= 4 is 38.4 Å². The van der Waals surface area contributed by atoms with E-state index in [1.54, 1.807) is 35.6 Å². The zero-order chi connectivity index (χ0) is 18.6. The lowest BCUT2D eigenvalue weighted by molar-refractivity contribution is -0.148. The third-order valence-corrected chi connectivity index (χ3v) is 5.18. The Morgan fingerprint density at radius 1 is 1.07 bits per heavy atom.